The fraction of sp³-hybridized carbons (Fsp3) is 0.550. The van der Waals surface area contributed by atoms with Crippen LogP contribution in [-0.2, 0) is 0 Å². The average molecular weight is 328 g/mol. The van der Waals surface area contributed by atoms with E-state index in [1.165, 1.54) is 44.9 Å². The van der Waals surface area contributed by atoms with Crippen LogP contribution in [0.1, 0.15) is 50.5 Å². The quantitative estimate of drug-likeness (QED) is 0.849. The number of aryl methyl sites for hydroxylation is 1. The fourth-order valence-corrected chi connectivity index (χ4v) is 3.69. The zero-order chi connectivity index (χ0) is 16.9. The van der Waals surface area contributed by atoms with Crippen LogP contribution >= 0.6 is 0 Å². The lowest BCUT2D eigenvalue weighted by molar-refractivity contribution is 0.409. The molecule has 0 amide bonds. The number of rotatable bonds is 4. The number of ether oxygens (including phenoxy) is 2. The number of anilines is 1. The lowest BCUT2D eigenvalue weighted by atomic mass is 9.96. The van der Waals surface area contributed by atoms with E-state index in [1.807, 2.05) is 12.1 Å². The van der Waals surface area contributed by atoms with Crippen molar-refractivity contribution in [3.63, 3.8) is 0 Å². The Morgan fingerprint density at radius 3 is 2.25 bits per heavy atom. The molecule has 0 unspecified atom stereocenters. The first-order chi connectivity index (χ1) is 11.7. The van der Waals surface area contributed by atoms with Gasteiger partial charge in [0.05, 0.1) is 14.2 Å². The molecule has 0 bridgehead atoms. The molecule has 1 heterocycles. The van der Waals surface area contributed by atoms with Crippen molar-refractivity contribution < 1.29 is 9.47 Å². The van der Waals surface area contributed by atoms with Crippen molar-refractivity contribution >= 4 is 16.7 Å². The van der Waals surface area contributed by atoms with Gasteiger partial charge in [-0.1, -0.05) is 32.1 Å². The minimum absolute atomic E-state index is 0.520. The maximum atomic E-state index is 5.52. The number of pyridine rings is 1. The van der Waals surface area contributed by atoms with Crippen molar-refractivity contribution in [2.45, 2.75) is 57.9 Å². The Bertz CT molecular complexity index is 692. The molecule has 2 aromatic rings. The summed E-state index contributed by atoms with van der Waals surface area (Å²) in [4.78, 5) is 4.85. The third-order valence-corrected chi connectivity index (χ3v) is 4.98. The summed E-state index contributed by atoms with van der Waals surface area (Å²) in [7, 11) is 3.38. The van der Waals surface area contributed by atoms with Crippen molar-refractivity contribution in [2.75, 3.05) is 19.5 Å². The van der Waals surface area contributed by atoms with Crippen LogP contribution in [-0.4, -0.2) is 25.2 Å². The molecule has 1 aliphatic carbocycles. The van der Waals surface area contributed by atoms with Crippen LogP contribution in [0, 0.1) is 6.92 Å². The fourth-order valence-electron chi connectivity index (χ4n) is 3.69. The molecular weight excluding hydrogens is 300 g/mol. The van der Waals surface area contributed by atoms with E-state index in [4.69, 9.17) is 14.5 Å². The molecule has 4 heteroatoms. The highest BCUT2D eigenvalue weighted by molar-refractivity contribution is 5.94. The maximum Gasteiger partial charge on any atom is 0.145 e. The van der Waals surface area contributed by atoms with Gasteiger partial charge in [-0.2, -0.15) is 0 Å². The predicted octanol–water partition coefficient (Wildman–Crippen LogP) is 5.09. The zero-order valence-electron chi connectivity index (χ0n) is 15.0. The third-order valence-electron chi connectivity index (χ3n) is 4.98. The zero-order valence-corrected chi connectivity index (χ0v) is 15.0. The summed E-state index contributed by atoms with van der Waals surface area (Å²) in [5.74, 6) is 2.57. The first kappa shape index (κ1) is 16.9. The number of methoxy groups -OCH3 is 2. The summed E-state index contributed by atoms with van der Waals surface area (Å²) in [6.07, 6.45) is 9.17. The molecule has 1 aliphatic rings. The summed E-state index contributed by atoms with van der Waals surface area (Å²) >= 11 is 0. The molecule has 0 aliphatic heterocycles. The van der Waals surface area contributed by atoms with E-state index < -0.39 is 0 Å². The van der Waals surface area contributed by atoms with Gasteiger partial charge in [0, 0.05) is 11.4 Å². The van der Waals surface area contributed by atoms with E-state index in [0.29, 0.717) is 6.04 Å². The van der Waals surface area contributed by atoms with E-state index in [-0.39, 0.29) is 0 Å². The number of aromatic nitrogens is 1. The molecule has 0 saturated heterocycles. The molecule has 0 radical (unpaired) electrons. The number of hydrogen-bond acceptors (Lipinski definition) is 4. The van der Waals surface area contributed by atoms with Crippen LogP contribution < -0.4 is 14.8 Å². The predicted molar refractivity (Wildman–Crippen MR) is 99.3 cm³/mol. The van der Waals surface area contributed by atoms with Gasteiger partial charge in [0.1, 0.15) is 22.8 Å². The van der Waals surface area contributed by atoms with E-state index in [2.05, 4.69) is 18.3 Å². The van der Waals surface area contributed by atoms with Gasteiger partial charge < -0.3 is 14.8 Å². The molecule has 1 fully saturated rings. The van der Waals surface area contributed by atoms with Gasteiger partial charge in [0.15, 0.2) is 0 Å². The van der Waals surface area contributed by atoms with Gasteiger partial charge in [0.25, 0.3) is 0 Å². The Morgan fingerprint density at radius 2 is 1.58 bits per heavy atom. The Morgan fingerprint density at radius 1 is 0.958 bits per heavy atom. The first-order valence-corrected chi connectivity index (χ1v) is 9.02. The van der Waals surface area contributed by atoms with Crippen LogP contribution in [0.25, 0.3) is 10.9 Å². The Kier molecular flexibility index (Phi) is 5.44. The van der Waals surface area contributed by atoms with Crippen LogP contribution in [0.4, 0.5) is 5.82 Å². The highest BCUT2D eigenvalue weighted by Crippen LogP contribution is 2.35. The van der Waals surface area contributed by atoms with Gasteiger partial charge in [-0.15, -0.1) is 0 Å². The van der Waals surface area contributed by atoms with Crippen molar-refractivity contribution in [2.24, 2.45) is 0 Å². The Hall–Kier alpha value is -1.97. The van der Waals surface area contributed by atoms with Gasteiger partial charge in [-0.3, -0.25) is 0 Å². The van der Waals surface area contributed by atoms with Crippen molar-refractivity contribution in [1.29, 1.82) is 0 Å². The second-order valence-electron chi connectivity index (χ2n) is 6.70. The van der Waals surface area contributed by atoms with Crippen LogP contribution in [0.5, 0.6) is 11.5 Å². The van der Waals surface area contributed by atoms with Crippen molar-refractivity contribution in [3.8, 4) is 11.5 Å². The second kappa shape index (κ2) is 7.73. The van der Waals surface area contributed by atoms with E-state index in [1.54, 1.807) is 14.2 Å². The summed E-state index contributed by atoms with van der Waals surface area (Å²) < 4.78 is 11.0. The van der Waals surface area contributed by atoms with Crippen LogP contribution in [0.3, 0.4) is 0 Å². The van der Waals surface area contributed by atoms with Gasteiger partial charge >= 0.3 is 0 Å². The van der Waals surface area contributed by atoms with E-state index >= 15 is 0 Å². The summed E-state index contributed by atoms with van der Waals surface area (Å²) in [6, 6.07) is 6.51. The molecule has 24 heavy (non-hydrogen) atoms. The molecule has 130 valence electrons. The minimum Gasteiger partial charge on any atom is -0.496 e. The third kappa shape index (κ3) is 3.58. The van der Waals surface area contributed by atoms with Gasteiger partial charge in [-0.25, -0.2) is 4.98 Å². The maximum absolute atomic E-state index is 5.52. The molecule has 0 atom stereocenters. The average Bonchev–Trinajstić information content (AvgIpc) is 2.56. The highest BCUT2D eigenvalue weighted by Gasteiger charge is 2.16. The SMILES string of the molecule is COc1ccc(OC)c2c(C)cc(NC3CCCCCCC3)nc12. The van der Waals surface area contributed by atoms with Gasteiger partial charge in [0.2, 0.25) is 0 Å². The normalized spacial score (nSPS) is 16.5. The Labute approximate surface area is 144 Å². The summed E-state index contributed by atoms with van der Waals surface area (Å²) in [5, 5.41) is 4.69. The molecular formula is C20H28N2O2. The van der Waals surface area contributed by atoms with Crippen molar-refractivity contribution in [3.05, 3.63) is 23.8 Å². The molecule has 1 saturated carbocycles. The molecule has 0 spiro atoms. The minimum atomic E-state index is 0.520. The number of nitrogens with zero attached hydrogens (tertiary/aromatic N) is 1. The summed E-state index contributed by atoms with van der Waals surface area (Å²) in [6.45, 7) is 2.11. The first-order valence-electron chi connectivity index (χ1n) is 9.02. The molecule has 4 nitrogen and oxygen atoms in total. The standard InChI is InChI=1S/C20H28N2O2/c1-14-13-18(21-15-9-7-5-4-6-8-10-15)22-20-17(24-3)12-11-16(23-2)19(14)20/h11-13,15H,4-10H2,1-3H3,(H,21,22). The molecule has 1 aromatic heterocycles. The highest BCUT2D eigenvalue weighted by atomic mass is 16.5. The number of hydrogen-bond donors (Lipinski definition) is 1. The van der Waals surface area contributed by atoms with Crippen molar-refractivity contribution in [1.82, 2.24) is 4.98 Å². The largest absolute Gasteiger partial charge is 0.496 e. The number of fused-ring (bicyclic) bond motifs is 1. The number of benzene rings is 1. The Balaban J connectivity index is 1.94. The lowest BCUT2D eigenvalue weighted by Crippen LogP contribution is -2.21. The summed E-state index contributed by atoms with van der Waals surface area (Å²) in [5.41, 5.74) is 2.02. The molecule has 1 aromatic carbocycles. The van der Waals surface area contributed by atoms with Gasteiger partial charge in [-0.05, 0) is 43.5 Å². The molecule has 3 rings (SSSR count). The smallest absolute Gasteiger partial charge is 0.145 e. The van der Waals surface area contributed by atoms with Crippen LogP contribution in [0.2, 0.25) is 0 Å². The molecule has 1 N–H and O–H groups in total. The van der Waals surface area contributed by atoms with E-state index in [0.717, 1.165) is 33.8 Å². The number of nitrogens with one attached hydrogen (secondary N) is 1. The van der Waals surface area contributed by atoms with Crippen LogP contribution in [0.15, 0.2) is 18.2 Å². The lowest BCUT2D eigenvalue weighted by Gasteiger charge is -2.22. The topological polar surface area (TPSA) is 43.4 Å². The second-order valence-corrected chi connectivity index (χ2v) is 6.70. The van der Waals surface area contributed by atoms with E-state index in [9.17, 15) is 0 Å². The monoisotopic (exact) mass is 328 g/mol.